The number of fused-ring (bicyclic) bond motifs is 1. The topological polar surface area (TPSA) is 165 Å². The van der Waals surface area contributed by atoms with Gasteiger partial charge in [0.1, 0.15) is 24.3 Å². The molecule has 0 bridgehead atoms. The Morgan fingerprint density at radius 1 is 0.897 bits per heavy atom. The lowest BCUT2D eigenvalue weighted by molar-refractivity contribution is -0.247. The molecule has 3 rings (SSSR count). The molecule has 1 aromatic carbocycles. The van der Waals surface area contributed by atoms with E-state index >= 15 is 0 Å². The van der Waals surface area contributed by atoms with Crippen LogP contribution in [0.3, 0.4) is 0 Å². The summed E-state index contributed by atoms with van der Waals surface area (Å²) in [5.74, 6) is -1.56. The number of esters is 4. The minimum atomic E-state index is -1.32. The number of nitrogens with one attached hydrogen (secondary N) is 1. The van der Waals surface area contributed by atoms with Gasteiger partial charge in [-0.25, -0.2) is 4.98 Å². The lowest BCUT2D eigenvalue weighted by Gasteiger charge is -2.44. The molecule has 1 saturated heterocycles. The molecule has 5 atom stereocenters. The fraction of sp³-hybridized carbons (Fsp3) is 0.520. The highest BCUT2D eigenvalue weighted by molar-refractivity contribution is 5.91. The summed E-state index contributed by atoms with van der Waals surface area (Å²) in [6.45, 7) is 4.31. The molecule has 1 N–H and O–H groups in total. The zero-order valence-corrected chi connectivity index (χ0v) is 22.8. The molecular weight excluding hydrogens is 516 g/mol. The molecule has 14 heteroatoms. The van der Waals surface area contributed by atoms with Gasteiger partial charge in [0.25, 0.3) is 0 Å². The summed E-state index contributed by atoms with van der Waals surface area (Å²) >= 11 is 0. The summed E-state index contributed by atoms with van der Waals surface area (Å²) in [6, 6.07) is 5.33. The van der Waals surface area contributed by atoms with Crippen molar-refractivity contribution in [3.05, 3.63) is 18.2 Å². The van der Waals surface area contributed by atoms with E-state index in [1.54, 1.807) is 17.0 Å². The van der Waals surface area contributed by atoms with Crippen molar-refractivity contribution in [1.29, 1.82) is 0 Å². The maximum absolute atomic E-state index is 12.1. The molecule has 1 aliphatic heterocycles. The average Bonchev–Trinajstić information content (AvgIpc) is 2.84. The number of anilines is 2. The van der Waals surface area contributed by atoms with Gasteiger partial charge in [-0.2, -0.15) is 4.98 Å². The second-order valence-electron chi connectivity index (χ2n) is 8.91. The van der Waals surface area contributed by atoms with Crippen molar-refractivity contribution >= 4 is 46.5 Å². The van der Waals surface area contributed by atoms with Crippen molar-refractivity contribution in [2.45, 2.75) is 58.3 Å². The lowest BCUT2D eigenvalue weighted by atomic mass is 9.97. The standard InChI is InChI=1S/C25H32N4O10/c1-12(30)35-11-19-20(36-13(2)31)21(37-14(3)32)22(38-15(4)33)24(39-19)28-25-26-18-10-16(34-7)8-9-17(18)23(27-25)29(5)6/h8-10,19-22,24H,11H2,1-7H3,(H,26,27,28)/t19-,20-,21+,22-,24-/m1/s1. The number of benzene rings is 1. The van der Waals surface area contributed by atoms with Crippen LogP contribution in [-0.4, -0.2) is 92.3 Å². The van der Waals surface area contributed by atoms with E-state index in [2.05, 4.69) is 15.3 Å². The highest BCUT2D eigenvalue weighted by Gasteiger charge is 2.52. The molecule has 39 heavy (non-hydrogen) atoms. The first-order valence-electron chi connectivity index (χ1n) is 12.0. The third kappa shape index (κ3) is 7.44. The monoisotopic (exact) mass is 548 g/mol. The number of methoxy groups -OCH3 is 1. The summed E-state index contributed by atoms with van der Waals surface area (Å²) in [5, 5.41) is 3.74. The second kappa shape index (κ2) is 12.6. The number of rotatable bonds is 9. The van der Waals surface area contributed by atoms with Crippen LogP contribution in [0.5, 0.6) is 5.75 Å². The molecule has 1 fully saturated rings. The summed E-state index contributed by atoms with van der Waals surface area (Å²) in [7, 11) is 5.15. The molecule has 2 aromatic rings. The van der Waals surface area contributed by atoms with Gasteiger partial charge in [-0.15, -0.1) is 0 Å². The molecule has 212 valence electrons. The molecule has 2 heterocycles. The fourth-order valence-electron chi connectivity index (χ4n) is 4.10. The van der Waals surface area contributed by atoms with E-state index in [-0.39, 0.29) is 12.6 Å². The van der Waals surface area contributed by atoms with Crippen molar-refractivity contribution in [2.24, 2.45) is 0 Å². The van der Waals surface area contributed by atoms with E-state index in [9.17, 15) is 19.2 Å². The Hall–Kier alpha value is -4.20. The summed E-state index contributed by atoms with van der Waals surface area (Å²) in [6.07, 6.45) is -6.23. The number of carbonyl (C=O) groups excluding carboxylic acids is 4. The number of carbonyl (C=O) groups is 4. The smallest absolute Gasteiger partial charge is 0.303 e. The first-order chi connectivity index (χ1) is 18.4. The van der Waals surface area contributed by atoms with Crippen LogP contribution >= 0.6 is 0 Å². The zero-order chi connectivity index (χ0) is 28.9. The number of hydrogen-bond acceptors (Lipinski definition) is 14. The number of hydrogen-bond donors (Lipinski definition) is 1. The number of ether oxygens (including phenoxy) is 6. The first kappa shape index (κ1) is 29.4. The lowest BCUT2D eigenvalue weighted by Crippen LogP contribution is -2.64. The number of nitrogens with zero attached hydrogens (tertiary/aromatic N) is 3. The number of aromatic nitrogens is 2. The van der Waals surface area contributed by atoms with Crippen LogP contribution in [0.2, 0.25) is 0 Å². The molecule has 1 aromatic heterocycles. The summed E-state index contributed by atoms with van der Waals surface area (Å²) < 4.78 is 32.9. The van der Waals surface area contributed by atoms with Gasteiger partial charge in [-0.05, 0) is 12.1 Å². The predicted molar refractivity (Wildman–Crippen MR) is 136 cm³/mol. The summed E-state index contributed by atoms with van der Waals surface area (Å²) in [5.41, 5.74) is 0.543. The van der Waals surface area contributed by atoms with Gasteiger partial charge in [0.15, 0.2) is 24.5 Å². The molecule has 1 aliphatic rings. The normalized spacial score (nSPS) is 22.4. The Kier molecular flexibility index (Phi) is 9.46. The van der Waals surface area contributed by atoms with E-state index in [1.165, 1.54) is 14.0 Å². The Morgan fingerprint density at radius 2 is 1.51 bits per heavy atom. The van der Waals surface area contributed by atoms with Gasteiger partial charge in [-0.3, -0.25) is 19.2 Å². The van der Waals surface area contributed by atoms with Gasteiger partial charge in [0.05, 0.1) is 12.6 Å². The molecule has 0 spiro atoms. The van der Waals surface area contributed by atoms with Gasteiger partial charge >= 0.3 is 23.9 Å². The van der Waals surface area contributed by atoms with Crippen molar-refractivity contribution in [1.82, 2.24) is 9.97 Å². The van der Waals surface area contributed by atoms with E-state index in [4.69, 9.17) is 28.4 Å². The highest BCUT2D eigenvalue weighted by Crippen LogP contribution is 2.32. The highest BCUT2D eigenvalue weighted by atomic mass is 16.7. The van der Waals surface area contributed by atoms with Crippen LogP contribution in [-0.2, 0) is 42.9 Å². The molecule has 0 unspecified atom stereocenters. The van der Waals surface area contributed by atoms with E-state index in [0.717, 1.165) is 26.2 Å². The van der Waals surface area contributed by atoms with E-state index < -0.39 is 54.5 Å². The Morgan fingerprint density at radius 3 is 2.08 bits per heavy atom. The third-order valence-electron chi connectivity index (χ3n) is 5.57. The summed E-state index contributed by atoms with van der Waals surface area (Å²) in [4.78, 5) is 58.5. The van der Waals surface area contributed by atoms with Gasteiger partial charge in [0.2, 0.25) is 5.95 Å². The predicted octanol–water partition coefficient (Wildman–Crippen LogP) is 1.20. The van der Waals surface area contributed by atoms with Crippen LogP contribution in [0.4, 0.5) is 11.8 Å². The van der Waals surface area contributed by atoms with Crippen LogP contribution in [0, 0.1) is 0 Å². The van der Waals surface area contributed by atoms with Crippen LogP contribution in [0.15, 0.2) is 18.2 Å². The zero-order valence-electron chi connectivity index (χ0n) is 22.8. The minimum absolute atomic E-state index is 0.0837. The van der Waals surface area contributed by atoms with Gasteiger partial charge in [0, 0.05) is 53.2 Å². The van der Waals surface area contributed by atoms with Crippen molar-refractivity contribution < 1.29 is 47.6 Å². The molecular formula is C25H32N4O10. The molecule has 0 saturated carbocycles. The maximum atomic E-state index is 12.1. The van der Waals surface area contributed by atoms with Crippen molar-refractivity contribution in [3.8, 4) is 5.75 Å². The molecule has 14 nitrogen and oxygen atoms in total. The minimum Gasteiger partial charge on any atom is -0.497 e. The Labute approximate surface area is 224 Å². The molecule has 0 radical (unpaired) electrons. The van der Waals surface area contributed by atoms with Gasteiger partial charge < -0.3 is 38.6 Å². The fourth-order valence-corrected chi connectivity index (χ4v) is 4.10. The molecule has 0 aliphatic carbocycles. The van der Waals surface area contributed by atoms with Gasteiger partial charge in [-0.1, -0.05) is 0 Å². The van der Waals surface area contributed by atoms with Crippen LogP contribution in [0.25, 0.3) is 10.9 Å². The maximum Gasteiger partial charge on any atom is 0.303 e. The van der Waals surface area contributed by atoms with Crippen molar-refractivity contribution in [2.75, 3.05) is 38.0 Å². The Bertz CT molecular complexity index is 1240. The van der Waals surface area contributed by atoms with E-state index in [0.29, 0.717) is 17.1 Å². The molecule has 0 amide bonds. The largest absolute Gasteiger partial charge is 0.497 e. The quantitative estimate of drug-likeness (QED) is 0.351. The van der Waals surface area contributed by atoms with Crippen LogP contribution in [0.1, 0.15) is 27.7 Å². The third-order valence-corrected chi connectivity index (χ3v) is 5.57. The average molecular weight is 549 g/mol. The Balaban J connectivity index is 2.09. The van der Waals surface area contributed by atoms with Crippen molar-refractivity contribution in [3.63, 3.8) is 0 Å². The second-order valence-corrected chi connectivity index (χ2v) is 8.91. The van der Waals surface area contributed by atoms with Crippen LogP contribution < -0.4 is 15.0 Å². The SMILES string of the molecule is COc1ccc2c(N(C)C)nc(N[C@@H]3O[C@H](COC(C)=O)[C@@H](OC(C)=O)[C@H](OC(C)=O)[C@H]3OC(C)=O)nc2c1. The van der Waals surface area contributed by atoms with E-state index in [1.807, 2.05) is 20.2 Å². The first-order valence-corrected chi connectivity index (χ1v) is 12.0.